The zero-order valence-corrected chi connectivity index (χ0v) is 11.1. The molecule has 2 heterocycles. The molecule has 5 heteroatoms. The number of amides is 1. The van der Waals surface area contributed by atoms with Crippen LogP contribution in [-0.4, -0.2) is 36.6 Å². The molecule has 5 nitrogen and oxygen atoms in total. The van der Waals surface area contributed by atoms with Crippen molar-refractivity contribution in [3.63, 3.8) is 0 Å². The van der Waals surface area contributed by atoms with Crippen LogP contribution in [0.3, 0.4) is 0 Å². The standard InChI is InChI=1S/C14H20N4O/c19-13-10-18(8-2-7-15-13)14-11(3-1-6-16-14)9-17-12-4-5-12/h1,3,6,12,17H,2,4-5,7-10H2,(H,15,19). The predicted molar refractivity (Wildman–Crippen MR) is 73.9 cm³/mol. The van der Waals surface area contributed by atoms with Crippen LogP contribution in [-0.2, 0) is 11.3 Å². The van der Waals surface area contributed by atoms with E-state index in [0.717, 1.165) is 31.9 Å². The molecule has 0 unspecified atom stereocenters. The fraction of sp³-hybridized carbons (Fsp3) is 0.571. The van der Waals surface area contributed by atoms with Gasteiger partial charge in [-0.1, -0.05) is 6.07 Å². The van der Waals surface area contributed by atoms with Crippen molar-refractivity contribution in [2.75, 3.05) is 24.5 Å². The maximum Gasteiger partial charge on any atom is 0.239 e. The lowest BCUT2D eigenvalue weighted by Crippen LogP contribution is -2.34. The van der Waals surface area contributed by atoms with Crippen LogP contribution in [0.1, 0.15) is 24.8 Å². The highest BCUT2D eigenvalue weighted by Gasteiger charge is 2.22. The average molecular weight is 260 g/mol. The monoisotopic (exact) mass is 260 g/mol. The fourth-order valence-corrected chi connectivity index (χ4v) is 2.38. The van der Waals surface area contributed by atoms with E-state index in [2.05, 4.69) is 26.6 Å². The molecule has 1 aromatic rings. The molecule has 3 rings (SSSR count). The molecule has 19 heavy (non-hydrogen) atoms. The van der Waals surface area contributed by atoms with Gasteiger partial charge in [0.05, 0.1) is 6.54 Å². The molecule has 0 radical (unpaired) electrons. The minimum atomic E-state index is 0.0873. The molecule has 1 aliphatic heterocycles. The SMILES string of the molecule is O=C1CN(c2ncccc2CNC2CC2)CCCN1. The van der Waals surface area contributed by atoms with E-state index in [-0.39, 0.29) is 5.91 Å². The van der Waals surface area contributed by atoms with Gasteiger partial charge in [0.15, 0.2) is 0 Å². The smallest absolute Gasteiger partial charge is 0.239 e. The van der Waals surface area contributed by atoms with Gasteiger partial charge in [-0.15, -0.1) is 0 Å². The summed E-state index contributed by atoms with van der Waals surface area (Å²) < 4.78 is 0. The zero-order valence-electron chi connectivity index (χ0n) is 11.1. The van der Waals surface area contributed by atoms with Gasteiger partial charge in [0.2, 0.25) is 5.91 Å². The normalized spacial score (nSPS) is 20.0. The first-order valence-electron chi connectivity index (χ1n) is 7.02. The van der Waals surface area contributed by atoms with E-state index in [1.807, 2.05) is 6.07 Å². The summed E-state index contributed by atoms with van der Waals surface area (Å²) in [7, 11) is 0. The first-order chi connectivity index (χ1) is 9.33. The van der Waals surface area contributed by atoms with Crippen molar-refractivity contribution in [3.05, 3.63) is 23.9 Å². The zero-order chi connectivity index (χ0) is 13.1. The van der Waals surface area contributed by atoms with Gasteiger partial charge in [-0.05, 0) is 25.3 Å². The topological polar surface area (TPSA) is 57.3 Å². The Morgan fingerprint density at radius 1 is 1.47 bits per heavy atom. The van der Waals surface area contributed by atoms with E-state index in [1.54, 1.807) is 6.20 Å². The Bertz CT molecular complexity index is 459. The molecular formula is C14H20N4O. The molecule has 1 saturated heterocycles. The lowest BCUT2D eigenvalue weighted by molar-refractivity contribution is -0.119. The van der Waals surface area contributed by atoms with Crippen LogP contribution in [0.2, 0.25) is 0 Å². The number of carbonyl (C=O) groups is 1. The number of anilines is 1. The van der Waals surface area contributed by atoms with Crippen molar-refractivity contribution in [1.82, 2.24) is 15.6 Å². The van der Waals surface area contributed by atoms with Crippen molar-refractivity contribution in [3.8, 4) is 0 Å². The highest BCUT2D eigenvalue weighted by molar-refractivity contribution is 5.81. The van der Waals surface area contributed by atoms with E-state index in [0.29, 0.717) is 12.6 Å². The van der Waals surface area contributed by atoms with Gasteiger partial charge in [0, 0.05) is 37.4 Å². The molecule has 2 aliphatic rings. The summed E-state index contributed by atoms with van der Waals surface area (Å²) in [5.74, 6) is 1.04. The fourth-order valence-electron chi connectivity index (χ4n) is 2.38. The molecule has 0 aromatic carbocycles. The minimum Gasteiger partial charge on any atom is -0.354 e. The Hall–Kier alpha value is -1.62. The van der Waals surface area contributed by atoms with E-state index in [1.165, 1.54) is 18.4 Å². The van der Waals surface area contributed by atoms with Gasteiger partial charge in [-0.3, -0.25) is 4.79 Å². The summed E-state index contributed by atoms with van der Waals surface area (Å²) in [5.41, 5.74) is 1.18. The third kappa shape index (κ3) is 3.23. The molecule has 2 fully saturated rings. The van der Waals surface area contributed by atoms with E-state index in [9.17, 15) is 4.79 Å². The Kier molecular flexibility index (Phi) is 3.64. The van der Waals surface area contributed by atoms with Crippen LogP contribution >= 0.6 is 0 Å². The second-order valence-electron chi connectivity index (χ2n) is 5.27. The molecule has 102 valence electrons. The summed E-state index contributed by atoms with van der Waals surface area (Å²) >= 11 is 0. The van der Waals surface area contributed by atoms with Gasteiger partial charge in [-0.2, -0.15) is 0 Å². The maximum absolute atomic E-state index is 11.7. The van der Waals surface area contributed by atoms with Gasteiger partial charge in [-0.25, -0.2) is 4.98 Å². The van der Waals surface area contributed by atoms with Crippen molar-refractivity contribution in [2.24, 2.45) is 0 Å². The highest BCUT2D eigenvalue weighted by Crippen LogP contribution is 2.22. The van der Waals surface area contributed by atoms with Gasteiger partial charge < -0.3 is 15.5 Å². The number of carbonyl (C=O) groups excluding carboxylic acids is 1. The van der Waals surface area contributed by atoms with E-state index >= 15 is 0 Å². The van der Waals surface area contributed by atoms with Gasteiger partial charge in [0.25, 0.3) is 0 Å². The highest BCUT2D eigenvalue weighted by atomic mass is 16.2. The predicted octanol–water partition coefficient (Wildman–Crippen LogP) is 0.660. The number of nitrogens with one attached hydrogen (secondary N) is 2. The third-order valence-corrected chi connectivity index (χ3v) is 3.59. The lowest BCUT2D eigenvalue weighted by Gasteiger charge is -2.23. The summed E-state index contributed by atoms with van der Waals surface area (Å²) in [5, 5.41) is 6.41. The molecule has 0 atom stereocenters. The molecule has 2 N–H and O–H groups in total. The Morgan fingerprint density at radius 2 is 2.37 bits per heavy atom. The first kappa shape index (κ1) is 12.4. The second-order valence-corrected chi connectivity index (χ2v) is 5.27. The summed E-state index contributed by atoms with van der Waals surface area (Å²) in [6, 6.07) is 4.74. The Balaban J connectivity index is 1.75. The second kappa shape index (κ2) is 5.57. The van der Waals surface area contributed by atoms with Gasteiger partial charge >= 0.3 is 0 Å². The van der Waals surface area contributed by atoms with Crippen LogP contribution in [0.15, 0.2) is 18.3 Å². The number of nitrogens with zero attached hydrogens (tertiary/aromatic N) is 2. The number of pyridine rings is 1. The molecule has 0 bridgehead atoms. The number of hydrogen-bond acceptors (Lipinski definition) is 4. The van der Waals surface area contributed by atoms with Crippen molar-refractivity contribution in [2.45, 2.75) is 31.8 Å². The first-order valence-corrected chi connectivity index (χ1v) is 7.02. The Morgan fingerprint density at radius 3 is 3.21 bits per heavy atom. The van der Waals surface area contributed by atoms with Crippen molar-refractivity contribution in [1.29, 1.82) is 0 Å². The lowest BCUT2D eigenvalue weighted by atomic mass is 10.2. The molecule has 1 aromatic heterocycles. The number of rotatable bonds is 4. The van der Waals surface area contributed by atoms with Crippen LogP contribution in [0.5, 0.6) is 0 Å². The Labute approximate surface area is 113 Å². The van der Waals surface area contributed by atoms with Crippen LogP contribution < -0.4 is 15.5 Å². The van der Waals surface area contributed by atoms with Crippen molar-refractivity contribution < 1.29 is 4.79 Å². The van der Waals surface area contributed by atoms with Crippen LogP contribution in [0, 0.1) is 0 Å². The van der Waals surface area contributed by atoms with Crippen molar-refractivity contribution >= 4 is 11.7 Å². The van der Waals surface area contributed by atoms with Gasteiger partial charge in [0.1, 0.15) is 5.82 Å². The molecule has 1 saturated carbocycles. The van der Waals surface area contributed by atoms with E-state index in [4.69, 9.17) is 0 Å². The van der Waals surface area contributed by atoms with E-state index < -0.39 is 0 Å². The molecule has 0 spiro atoms. The largest absolute Gasteiger partial charge is 0.354 e. The average Bonchev–Trinajstić information content (AvgIpc) is 3.24. The molecular weight excluding hydrogens is 240 g/mol. The van der Waals surface area contributed by atoms with Crippen LogP contribution in [0.4, 0.5) is 5.82 Å². The number of aromatic nitrogens is 1. The number of hydrogen-bond donors (Lipinski definition) is 2. The quantitative estimate of drug-likeness (QED) is 0.835. The van der Waals surface area contributed by atoms with Crippen LogP contribution in [0.25, 0.3) is 0 Å². The molecule has 1 amide bonds. The summed E-state index contributed by atoms with van der Waals surface area (Å²) in [4.78, 5) is 18.2. The minimum absolute atomic E-state index is 0.0873. The third-order valence-electron chi connectivity index (χ3n) is 3.59. The summed E-state index contributed by atoms with van der Waals surface area (Å²) in [6.07, 6.45) is 5.33. The molecule has 1 aliphatic carbocycles. The maximum atomic E-state index is 11.7. The summed E-state index contributed by atoms with van der Waals surface area (Å²) in [6.45, 7) is 2.89.